The van der Waals surface area contributed by atoms with E-state index in [0.29, 0.717) is 23.6 Å². The lowest BCUT2D eigenvalue weighted by Gasteiger charge is -2.18. The summed E-state index contributed by atoms with van der Waals surface area (Å²) in [6.45, 7) is 8.11. The number of halogens is 1. The van der Waals surface area contributed by atoms with E-state index >= 15 is 0 Å². The predicted molar refractivity (Wildman–Crippen MR) is 125 cm³/mol. The molecular weight excluding hydrogens is 415 g/mol. The summed E-state index contributed by atoms with van der Waals surface area (Å²) in [5.41, 5.74) is 3.57. The van der Waals surface area contributed by atoms with Crippen LogP contribution in [-0.2, 0) is 35.2 Å². The second kappa shape index (κ2) is 11.8. The number of aliphatic imine (C=N–C) groups is 1. The van der Waals surface area contributed by atoms with Gasteiger partial charge in [0.25, 0.3) is 0 Å². The number of nitrogens with zero attached hydrogens (tertiary/aromatic N) is 2. The van der Waals surface area contributed by atoms with Crippen molar-refractivity contribution in [3.63, 3.8) is 0 Å². The summed E-state index contributed by atoms with van der Waals surface area (Å²) in [6.07, 6.45) is 1.17. The topological polar surface area (TPSA) is 73.8 Å². The fourth-order valence-electron chi connectivity index (χ4n) is 3.31. The van der Waals surface area contributed by atoms with Gasteiger partial charge in [-0.2, -0.15) is 0 Å². The molecule has 0 bridgehead atoms. The van der Waals surface area contributed by atoms with Crippen LogP contribution >= 0.6 is 0 Å². The summed E-state index contributed by atoms with van der Waals surface area (Å²) in [4.78, 5) is 6.58. The monoisotopic (exact) mass is 448 g/mol. The molecule has 0 amide bonds. The van der Waals surface area contributed by atoms with E-state index < -0.39 is 15.7 Å². The Morgan fingerprint density at radius 3 is 2.32 bits per heavy atom. The Bertz CT molecular complexity index is 989. The summed E-state index contributed by atoms with van der Waals surface area (Å²) in [5.74, 6) is 0.0288. The number of hydrogen-bond donors (Lipinski definition) is 2. The number of benzene rings is 2. The minimum Gasteiger partial charge on any atom is -0.352 e. The highest BCUT2D eigenvalue weighted by atomic mass is 32.2. The lowest BCUT2D eigenvalue weighted by Crippen LogP contribution is -2.36. The van der Waals surface area contributed by atoms with Crippen molar-refractivity contribution >= 4 is 15.8 Å². The number of guanidine groups is 1. The average molecular weight is 449 g/mol. The van der Waals surface area contributed by atoms with E-state index in [2.05, 4.69) is 58.6 Å². The zero-order valence-corrected chi connectivity index (χ0v) is 19.6. The number of sulfone groups is 1. The smallest absolute Gasteiger partial charge is 0.191 e. The molecule has 31 heavy (non-hydrogen) atoms. The van der Waals surface area contributed by atoms with Crippen molar-refractivity contribution < 1.29 is 12.8 Å². The molecule has 6 nitrogen and oxygen atoms in total. The molecule has 0 aliphatic carbocycles. The molecule has 0 radical (unpaired) electrons. The zero-order valence-electron chi connectivity index (χ0n) is 18.8. The van der Waals surface area contributed by atoms with Gasteiger partial charge in [-0.25, -0.2) is 12.8 Å². The van der Waals surface area contributed by atoms with Crippen molar-refractivity contribution in [3.05, 3.63) is 70.5 Å². The second-order valence-electron chi connectivity index (χ2n) is 7.54. The lowest BCUT2D eigenvalue weighted by molar-refractivity contribution is 0.296. The molecule has 2 aromatic carbocycles. The van der Waals surface area contributed by atoms with Gasteiger partial charge in [-0.05, 0) is 47.5 Å². The van der Waals surface area contributed by atoms with Crippen LogP contribution in [-0.4, -0.2) is 45.7 Å². The zero-order chi connectivity index (χ0) is 22.9. The summed E-state index contributed by atoms with van der Waals surface area (Å²) in [5, 5.41) is 6.40. The van der Waals surface area contributed by atoms with Gasteiger partial charge in [-0.15, -0.1) is 0 Å². The third-order valence-electron chi connectivity index (χ3n) is 5.01. The Morgan fingerprint density at radius 1 is 1.00 bits per heavy atom. The molecule has 2 N–H and O–H groups in total. The van der Waals surface area contributed by atoms with Crippen molar-refractivity contribution in [2.75, 3.05) is 26.4 Å². The van der Waals surface area contributed by atoms with Crippen molar-refractivity contribution in [2.45, 2.75) is 39.2 Å². The fraction of sp³-hybridized carbons (Fsp3) is 0.435. The van der Waals surface area contributed by atoms with E-state index in [1.165, 1.54) is 30.0 Å². The molecule has 8 heteroatoms. The molecule has 0 aromatic heterocycles. The van der Waals surface area contributed by atoms with Gasteiger partial charge in [0, 0.05) is 32.9 Å². The average Bonchev–Trinajstić information content (AvgIpc) is 2.73. The third kappa shape index (κ3) is 8.67. The molecule has 0 saturated heterocycles. The Labute approximate surface area is 185 Å². The van der Waals surface area contributed by atoms with E-state index in [1.54, 1.807) is 7.05 Å². The minimum atomic E-state index is -3.22. The first-order chi connectivity index (χ1) is 14.7. The van der Waals surface area contributed by atoms with Gasteiger partial charge in [0.2, 0.25) is 0 Å². The van der Waals surface area contributed by atoms with Gasteiger partial charge in [-0.1, -0.05) is 44.2 Å². The highest BCUT2D eigenvalue weighted by Gasteiger charge is 2.11. The number of hydrogen-bond acceptors (Lipinski definition) is 4. The molecule has 0 atom stereocenters. The van der Waals surface area contributed by atoms with Gasteiger partial charge >= 0.3 is 0 Å². The van der Waals surface area contributed by atoms with E-state index in [9.17, 15) is 12.8 Å². The van der Waals surface area contributed by atoms with Gasteiger partial charge in [0.05, 0.1) is 5.75 Å². The quantitative estimate of drug-likeness (QED) is 0.432. The molecule has 0 aliphatic heterocycles. The van der Waals surface area contributed by atoms with Crippen LogP contribution in [0.4, 0.5) is 4.39 Å². The molecule has 2 rings (SSSR count). The van der Waals surface area contributed by atoms with E-state index in [4.69, 9.17) is 0 Å². The molecule has 0 spiro atoms. The van der Waals surface area contributed by atoms with Gasteiger partial charge in [0.15, 0.2) is 15.8 Å². The van der Waals surface area contributed by atoms with Crippen molar-refractivity contribution in [2.24, 2.45) is 4.99 Å². The molecule has 170 valence electrons. The van der Waals surface area contributed by atoms with Gasteiger partial charge in [0.1, 0.15) is 5.82 Å². The van der Waals surface area contributed by atoms with Crippen LogP contribution in [0.3, 0.4) is 0 Å². The predicted octanol–water partition coefficient (Wildman–Crippen LogP) is 3.08. The molecule has 0 fully saturated rings. The van der Waals surface area contributed by atoms with Gasteiger partial charge in [-0.3, -0.25) is 9.89 Å². The molecule has 0 aliphatic rings. The van der Waals surface area contributed by atoms with E-state index in [-0.39, 0.29) is 12.3 Å². The third-order valence-corrected chi connectivity index (χ3v) is 5.84. The van der Waals surface area contributed by atoms with Crippen LogP contribution in [0, 0.1) is 5.82 Å². The molecule has 0 unspecified atom stereocenters. The Morgan fingerprint density at radius 2 is 1.68 bits per heavy atom. The summed E-state index contributed by atoms with van der Waals surface area (Å²) in [6, 6.07) is 12.6. The Balaban J connectivity index is 1.99. The van der Waals surface area contributed by atoms with Crippen LogP contribution in [0.2, 0.25) is 0 Å². The van der Waals surface area contributed by atoms with Crippen molar-refractivity contribution in [1.29, 1.82) is 0 Å². The molecular formula is C23H33FN4O2S. The highest BCUT2D eigenvalue weighted by Crippen LogP contribution is 2.14. The van der Waals surface area contributed by atoms with Gasteiger partial charge < -0.3 is 10.6 Å². The second-order valence-corrected chi connectivity index (χ2v) is 9.68. The number of rotatable bonds is 10. The standard InChI is InChI=1S/C23H33FN4O2S/c1-5-28(6-2)16-19-9-7-8-18(12-19)14-26-23(25-3)27-15-21-13-22(24)11-10-20(21)17-31(4,29)30/h7-13H,5-6,14-17H2,1-4H3,(H2,25,26,27). The van der Waals surface area contributed by atoms with Crippen LogP contribution < -0.4 is 10.6 Å². The first kappa shape index (κ1) is 24.8. The first-order valence-electron chi connectivity index (χ1n) is 10.4. The van der Waals surface area contributed by atoms with Crippen LogP contribution in [0.25, 0.3) is 0 Å². The SMILES string of the molecule is CCN(CC)Cc1cccc(CNC(=NC)NCc2cc(F)ccc2CS(C)(=O)=O)c1. The first-order valence-corrected chi connectivity index (χ1v) is 12.5. The van der Waals surface area contributed by atoms with Crippen molar-refractivity contribution in [1.82, 2.24) is 15.5 Å². The molecule has 0 heterocycles. The van der Waals surface area contributed by atoms with E-state index in [1.807, 2.05) is 0 Å². The summed E-state index contributed by atoms with van der Waals surface area (Å²) >= 11 is 0. The maximum Gasteiger partial charge on any atom is 0.191 e. The van der Waals surface area contributed by atoms with Crippen LogP contribution in [0.15, 0.2) is 47.5 Å². The summed E-state index contributed by atoms with van der Waals surface area (Å²) < 4.78 is 37.1. The van der Waals surface area contributed by atoms with Crippen molar-refractivity contribution in [3.8, 4) is 0 Å². The maximum absolute atomic E-state index is 13.7. The number of nitrogens with one attached hydrogen (secondary N) is 2. The lowest BCUT2D eigenvalue weighted by atomic mass is 10.1. The Hall–Kier alpha value is -2.45. The highest BCUT2D eigenvalue weighted by molar-refractivity contribution is 7.89. The fourth-order valence-corrected chi connectivity index (χ4v) is 4.16. The molecule has 0 saturated carbocycles. The van der Waals surface area contributed by atoms with Crippen LogP contribution in [0.1, 0.15) is 36.1 Å². The largest absolute Gasteiger partial charge is 0.352 e. The van der Waals surface area contributed by atoms with E-state index in [0.717, 1.165) is 25.2 Å². The minimum absolute atomic E-state index is 0.129. The molecule has 2 aromatic rings. The normalized spacial score (nSPS) is 12.3. The summed E-state index contributed by atoms with van der Waals surface area (Å²) in [7, 11) is -1.56. The van der Waals surface area contributed by atoms with Crippen LogP contribution in [0.5, 0.6) is 0 Å². The Kier molecular flexibility index (Phi) is 9.45. The maximum atomic E-state index is 13.7.